The van der Waals surface area contributed by atoms with Gasteiger partial charge in [-0.1, -0.05) is 6.92 Å². The summed E-state index contributed by atoms with van der Waals surface area (Å²) in [5.41, 5.74) is 1.28. The van der Waals surface area contributed by atoms with Gasteiger partial charge in [-0.15, -0.1) is 0 Å². The number of ether oxygens (including phenoxy) is 1. The van der Waals surface area contributed by atoms with Crippen molar-refractivity contribution in [2.45, 2.75) is 13.8 Å². The van der Waals surface area contributed by atoms with Crippen molar-refractivity contribution in [3.05, 3.63) is 29.1 Å². The Hall–Kier alpha value is -2.42. The van der Waals surface area contributed by atoms with Gasteiger partial charge in [-0.25, -0.2) is 4.98 Å². The summed E-state index contributed by atoms with van der Waals surface area (Å²) >= 11 is 0. The number of amides is 1. The quantitative estimate of drug-likeness (QED) is 0.762. The number of esters is 1. The lowest BCUT2D eigenvalue weighted by atomic mass is 9.99. The number of carbonyl (C=O) groups excluding carboxylic acids is 2. The number of pyridine rings is 1. The number of carbonyl (C=O) groups is 2. The number of nitriles is 1. The maximum Gasteiger partial charge on any atom is 0.310 e. The molecule has 6 nitrogen and oxygen atoms in total. The number of hydrogen-bond donors (Lipinski definition) is 0. The highest BCUT2D eigenvalue weighted by atomic mass is 16.5. The molecule has 1 aromatic heterocycles. The summed E-state index contributed by atoms with van der Waals surface area (Å²) < 4.78 is 4.76. The van der Waals surface area contributed by atoms with Gasteiger partial charge in [-0.2, -0.15) is 5.26 Å². The average molecular weight is 287 g/mol. The molecule has 1 amide bonds. The molecule has 0 radical (unpaired) electrons. The van der Waals surface area contributed by atoms with Crippen LogP contribution in [0.5, 0.6) is 0 Å². The van der Waals surface area contributed by atoms with Crippen LogP contribution in [0.1, 0.15) is 28.7 Å². The Kier molecular flexibility index (Phi) is 4.22. The fourth-order valence-corrected chi connectivity index (χ4v) is 2.55. The Morgan fingerprint density at radius 2 is 2.14 bits per heavy atom. The molecule has 0 spiro atoms. The third-order valence-electron chi connectivity index (χ3n) is 3.83. The minimum absolute atomic E-state index is 0.0564. The molecule has 1 aliphatic rings. The minimum Gasteiger partial charge on any atom is -0.469 e. The summed E-state index contributed by atoms with van der Waals surface area (Å²) in [6.45, 7) is 4.46. The van der Waals surface area contributed by atoms with Crippen molar-refractivity contribution in [2.24, 2.45) is 11.8 Å². The van der Waals surface area contributed by atoms with Gasteiger partial charge in [0.05, 0.1) is 24.3 Å². The maximum atomic E-state index is 12.4. The molecule has 110 valence electrons. The topological polar surface area (TPSA) is 83.3 Å². The van der Waals surface area contributed by atoms with Gasteiger partial charge in [0.1, 0.15) is 11.8 Å². The van der Waals surface area contributed by atoms with E-state index in [9.17, 15) is 9.59 Å². The highest BCUT2D eigenvalue weighted by Gasteiger charge is 2.38. The highest BCUT2D eigenvalue weighted by molar-refractivity contribution is 5.93. The number of methoxy groups -OCH3 is 1. The fourth-order valence-electron chi connectivity index (χ4n) is 2.55. The molecule has 1 aromatic rings. The average Bonchev–Trinajstić information content (AvgIpc) is 2.87. The van der Waals surface area contributed by atoms with Crippen molar-refractivity contribution in [3.63, 3.8) is 0 Å². The van der Waals surface area contributed by atoms with Crippen LogP contribution in [0.25, 0.3) is 0 Å². The number of hydrogen-bond acceptors (Lipinski definition) is 5. The molecule has 1 fully saturated rings. The predicted molar refractivity (Wildman–Crippen MR) is 74.3 cm³/mol. The van der Waals surface area contributed by atoms with Crippen molar-refractivity contribution in [3.8, 4) is 6.07 Å². The normalized spacial score (nSPS) is 21.0. The van der Waals surface area contributed by atoms with E-state index in [0.717, 1.165) is 0 Å². The Bertz CT molecular complexity index is 621. The molecule has 1 saturated heterocycles. The van der Waals surface area contributed by atoms with E-state index < -0.39 is 0 Å². The van der Waals surface area contributed by atoms with Crippen LogP contribution in [-0.4, -0.2) is 42.0 Å². The number of aromatic nitrogens is 1. The number of rotatable bonds is 2. The third-order valence-corrected chi connectivity index (χ3v) is 3.83. The standard InChI is InChI=1S/C15H17N3O3/c1-9-7-18(8-12(9)15(20)21-3)14(19)13-5-4-11(6-16)10(2)17-13/h4-5,9,12H,7-8H2,1-3H3. The van der Waals surface area contributed by atoms with Gasteiger partial charge in [0.2, 0.25) is 0 Å². The monoisotopic (exact) mass is 287 g/mol. The molecule has 0 aromatic carbocycles. The molecule has 0 aliphatic carbocycles. The molecular weight excluding hydrogens is 270 g/mol. The van der Waals surface area contributed by atoms with Crippen LogP contribution in [0.15, 0.2) is 12.1 Å². The van der Waals surface area contributed by atoms with Gasteiger partial charge in [0.15, 0.2) is 0 Å². The van der Waals surface area contributed by atoms with Gasteiger partial charge >= 0.3 is 5.97 Å². The van der Waals surface area contributed by atoms with Gasteiger partial charge in [-0.05, 0) is 25.0 Å². The Balaban J connectivity index is 2.17. The number of likely N-dealkylation sites (tertiary alicyclic amines) is 1. The highest BCUT2D eigenvalue weighted by Crippen LogP contribution is 2.25. The molecular formula is C15H17N3O3. The van der Waals surface area contributed by atoms with Crippen LogP contribution in [-0.2, 0) is 9.53 Å². The zero-order valence-corrected chi connectivity index (χ0v) is 12.3. The maximum absolute atomic E-state index is 12.4. The second kappa shape index (κ2) is 5.92. The van der Waals surface area contributed by atoms with E-state index in [1.807, 2.05) is 13.0 Å². The zero-order valence-electron chi connectivity index (χ0n) is 12.3. The van der Waals surface area contributed by atoms with Gasteiger partial charge in [0.25, 0.3) is 5.91 Å². The SMILES string of the molecule is COC(=O)C1CN(C(=O)c2ccc(C#N)c(C)n2)CC1C. The second-order valence-corrected chi connectivity index (χ2v) is 5.26. The molecule has 2 atom stereocenters. The summed E-state index contributed by atoms with van der Waals surface area (Å²) in [4.78, 5) is 29.9. The lowest BCUT2D eigenvalue weighted by Crippen LogP contribution is -2.31. The molecule has 0 saturated carbocycles. The van der Waals surface area contributed by atoms with E-state index in [-0.39, 0.29) is 23.7 Å². The molecule has 2 unspecified atom stereocenters. The van der Waals surface area contributed by atoms with Gasteiger partial charge in [-0.3, -0.25) is 9.59 Å². The first-order valence-corrected chi connectivity index (χ1v) is 6.72. The molecule has 2 rings (SSSR count). The smallest absolute Gasteiger partial charge is 0.310 e. The lowest BCUT2D eigenvalue weighted by Gasteiger charge is -2.15. The van der Waals surface area contributed by atoms with E-state index in [1.165, 1.54) is 7.11 Å². The first kappa shape index (κ1) is 15.0. The van der Waals surface area contributed by atoms with Crippen molar-refractivity contribution in [2.75, 3.05) is 20.2 Å². The van der Waals surface area contributed by atoms with Crippen molar-refractivity contribution in [1.29, 1.82) is 5.26 Å². The molecule has 21 heavy (non-hydrogen) atoms. The summed E-state index contributed by atoms with van der Waals surface area (Å²) in [5, 5.41) is 8.88. The van der Waals surface area contributed by atoms with E-state index in [1.54, 1.807) is 24.0 Å². The van der Waals surface area contributed by atoms with E-state index >= 15 is 0 Å². The van der Waals surface area contributed by atoms with E-state index in [2.05, 4.69) is 4.98 Å². The minimum atomic E-state index is -0.293. The van der Waals surface area contributed by atoms with Crippen LogP contribution in [0.3, 0.4) is 0 Å². The first-order chi connectivity index (χ1) is 9.97. The predicted octanol–water partition coefficient (Wildman–Crippen LogP) is 1.14. The fraction of sp³-hybridized carbons (Fsp3) is 0.467. The summed E-state index contributed by atoms with van der Waals surface area (Å²) in [5.74, 6) is -0.748. The number of nitrogens with zero attached hydrogens (tertiary/aromatic N) is 3. The van der Waals surface area contributed by atoms with E-state index in [0.29, 0.717) is 30.0 Å². The van der Waals surface area contributed by atoms with Crippen molar-refractivity contribution >= 4 is 11.9 Å². The third kappa shape index (κ3) is 2.87. The van der Waals surface area contributed by atoms with Crippen LogP contribution in [0, 0.1) is 30.1 Å². The van der Waals surface area contributed by atoms with Crippen molar-refractivity contribution in [1.82, 2.24) is 9.88 Å². The molecule has 0 N–H and O–H groups in total. The van der Waals surface area contributed by atoms with Crippen LogP contribution >= 0.6 is 0 Å². The first-order valence-electron chi connectivity index (χ1n) is 6.72. The van der Waals surface area contributed by atoms with E-state index in [4.69, 9.17) is 10.00 Å². The van der Waals surface area contributed by atoms with Crippen LogP contribution < -0.4 is 0 Å². The second-order valence-electron chi connectivity index (χ2n) is 5.26. The summed E-state index contributed by atoms with van der Waals surface area (Å²) in [6.07, 6.45) is 0. The molecule has 0 bridgehead atoms. The Labute approximate surface area is 123 Å². The van der Waals surface area contributed by atoms with Crippen molar-refractivity contribution < 1.29 is 14.3 Å². The number of aryl methyl sites for hydroxylation is 1. The largest absolute Gasteiger partial charge is 0.469 e. The molecule has 6 heteroatoms. The van der Waals surface area contributed by atoms with Crippen LogP contribution in [0.2, 0.25) is 0 Å². The van der Waals surface area contributed by atoms with Gasteiger partial charge < -0.3 is 9.64 Å². The summed E-state index contributed by atoms with van der Waals surface area (Å²) in [6, 6.07) is 5.15. The van der Waals surface area contributed by atoms with Crippen LogP contribution in [0.4, 0.5) is 0 Å². The van der Waals surface area contributed by atoms with Gasteiger partial charge in [0, 0.05) is 13.1 Å². The lowest BCUT2D eigenvalue weighted by molar-refractivity contribution is -0.146. The Morgan fingerprint density at radius 1 is 1.43 bits per heavy atom. The molecule has 1 aliphatic heterocycles. The molecule has 2 heterocycles. The summed E-state index contributed by atoms with van der Waals surface area (Å²) in [7, 11) is 1.35. The zero-order chi connectivity index (χ0) is 15.6. The Morgan fingerprint density at radius 3 is 2.71 bits per heavy atom.